The maximum Gasteiger partial charge on any atom is 0.264 e. The van der Waals surface area contributed by atoms with Crippen LogP contribution < -0.4 is 9.88 Å². The van der Waals surface area contributed by atoms with Gasteiger partial charge in [-0.1, -0.05) is 6.07 Å². The molecule has 0 atom stereocenters. The van der Waals surface area contributed by atoms with Crippen LogP contribution in [0.2, 0.25) is 0 Å². The minimum atomic E-state index is 0.187. The lowest BCUT2D eigenvalue weighted by molar-refractivity contribution is -0.917. The molecule has 0 aliphatic carbocycles. The molecule has 1 amide bonds. The number of hydrogen-bond acceptors (Lipinski definition) is 2. The van der Waals surface area contributed by atoms with Gasteiger partial charge < -0.3 is 9.80 Å². The summed E-state index contributed by atoms with van der Waals surface area (Å²) in [6.07, 6.45) is 3.98. The fraction of sp³-hybridized carbons (Fsp3) is 0.333. The fourth-order valence-electron chi connectivity index (χ4n) is 2.59. The molecule has 0 spiro atoms. The van der Waals surface area contributed by atoms with E-state index in [-0.39, 0.29) is 5.91 Å². The summed E-state index contributed by atoms with van der Waals surface area (Å²) >= 11 is 1.53. The molecule has 1 aliphatic heterocycles. The van der Waals surface area contributed by atoms with Gasteiger partial charge in [0.05, 0.1) is 36.6 Å². The number of quaternary nitrogens is 1. The Morgan fingerprint density at radius 1 is 1.30 bits per heavy atom. The Labute approximate surface area is 122 Å². The van der Waals surface area contributed by atoms with Crippen LogP contribution in [0.15, 0.2) is 42.0 Å². The van der Waals surface area contributed by atoms with E-state index in [0.717, 1.165) is 37.6 Å². The minimum absolute atomic E-state index is 0.187. The van der Waals surface area contributed by atoms with Crippen LogP contribution in [0.3, 0.4) is 0 Å². The number of aromatic amines is 1. The summed E-state index contributed by atoms with van der Waals surface area (Å²) in [5.74, 6) is 0.187. The smallest absolute Gasteiger partial charge is 0.264 e. The van der Waals surface area contributed by atoms with Crippen molar-refractivity contribution in [2.24, 2.45) is 0 Å². The second-order valence-corrected chi connectivity index (χ2v) is 6.06. The van der Waals surface area contributed by atoms with E-state index in [1.54, 1.807) is 4.90 Å². The van der Waals surface area contributed by atoms with Gasteiger partial charge >= 0.3 is 0 Å². The van der Waals surface area contributed by atoms with Crippen molar-refractivity contribution in [1.29, 1.82) is 0 Å². The Balaban J connectivity index is 1.53. The molecule has 3 rings (SSSR count). The second kappa shape index (κ2) is 6.15. The largest absolute Gasteiger partial charge is 0.328 e. The molecular weight excluding hydrogens is 270 g/mol. The molecule has 1 fully saturated rings. The molecule has 3 heterocycles. The highest BCUT2D eigenvalue weighted by molar-refractivity contribution is 7.12. The standard InChI is InChI=1S/C15H17N3OS/c19-15(14-4-2-10-20-14)18-8-6-17(7-9-18)12-13-3-1-5-16-11-13/h1-5,10-11H,6-9,12H2/p+2. The first kappa shape index (κ1) is 13.3. The van der Waals surface area contributed by atoms with Gasteiger partial charge in [-0.2, -0.15) is 0 Å². The maximum atomic E-state index is 12.2. The molecule has 1 saturated heterocycles. The topological polar surface area (TPSA) is 38.9 Å². The number of rotatable bonds is 3. The van der Waals surface area contributed by atoms with E-state index in [9.17, 15) is 4.79 Å². The zero-order valence-electron chi connectivity index (χ0n) is 11.3. The van der Waals surface area contributed by atoms with Crippen LogP contribution in [0.4, 0.5) is 0 Å². The van der Waals surface area contributed by atoms with Crippen molar-refractivity contribution < 1.29 is 14.7 Å². The Kier molecular flexibility index (Phi) is 4.08. The number of nitrogens with one attached hydrogen (secondary N) is 2. The van der Waals surface area contributed by atoms with Crippen molar-refractivity contribution in [3.05, 3.63) is 52.5 Å². The Hall–Kier alpha value is -1.72. The molecule has 4 nitrogen and oxygen atoms in total. The van der Waals surface area contributed by atoms with Gasteiger partial charge in [-0.05, 0) is 17.5 Å². The van der Waals surface area contributed by atoms with Gasteiger partial charge in [-0.15, -0.1) is 11.3 Å². The van der Waals surface area contributed by atoms with E-state index in [1.165, 1.54) is 16.9 Å². The fourth-order valence-corrected chi connectivity index (χ4v) is 3.28. The lowest BCUT2D eigenvalue weighted by atomic mass is 10.2. The maximum absolute atomic E-state index is 12.2. The highest BCUT2D eigenvalue weighted by atomic mass is 32.1. The quantitative estimate of drug-likeness (QED) is 0.855. The molecule has 5 heteroatoms. The number of carbonyl (C=O) groups is 1. The first-order chi connectivity index (χ1) is 9.83. The zero-order chi connectivity index (χ0) is 13.8. The summed E-state index contributed by atoms with van der Waals surface area (Å²) in [5, 5.41) is 1.96. The van der Waals surface area contributed by atoms with Gasteiger partial charge in [0, 0.05) is 6.07 Å². The van der Waals surface area contributed by atoms with Gasteiger partial charge in [-0.25, -0.2) is 4.98 Å². The third kappa shape index (κ3) is 3.05. The Bertz CT molecular complexity index is 548. The Morgan fingerprint density at radius 2 is 2.15 bits per heavy atom. The lowest BCUT2D eigenvalue weighted by Gasteiger charge is -2.31. The first-order valence-corrected chi connectivity index (χ1v) is 7.82. The normalized spacial score (nSPS) is 16.3. The highest BCUT2D eigenvalue weighted by Gasteiger charge is 2.25. The average molecular weight is 289 g/mol. The number of piperazine rings is 1. The van der Waals surface area contributed by atoms with Crippen molar-refractivity contribution in [2.75, 3.05) is 26.2 Å². The summed E-state index contributed by atoms with van der Waals surface area (Å²) in [5.41, 5.74) is 1.32. The lowest BCUT2D eigenvalue weighted by Crippen LogP contribution is -3.13. The van der Waals surface area contributed by atoms with Crippen molar-refractivity contribution in [1.82, 2.24) is 4.90 Å². The van der Waals surface area contributed by atoms with E-state index >= 15 is 0 Å². The van der Waals surface area contributed by atoms with E-state index in [0.29, 0.717) is 0 Å². The van der Waals surface area contributed by atoms with E-state index in [4.69, 9.17) is 0 Å². The summed E-state index contributed by atoms with van der Waals surface area (Å²) < 4.78 is 0. The zero-order valence-corrected chi connectivity index (χ0v) is 12.2. The molecule has 2 aromatic rings. The molecule has 0 radical (unpaired) electrons. The van der Waals surface area contributed by atoms with Crippen LogP contribution in [0.25, 0.3) is 0 Å². The SMILES string of the molecule is O=C(c1cccs1)N1CC[NH+](Cc2ccc[nH+]c2)CC1. The minimum Gasteiger partial charge on any atom is -0.328 e. The predicted octanol–water partition coefficient (Wildman–Crippen LogP) is 0.103. The molecule has 2 aromatic heterocycles. The van der Waals surface area contributed by atoms with Crippen LogP contribution in [0, 0.1) is 0 Å². The van der Waals surface area contributed by atoms with Gasteiger partial charge in [0.15, 0.2) is 12.4 Å². The molecule has 2 N–H and O–H groups in total. The number of carbonyl (C=O) groups excluding carboxylic acids is 1. The van der Waals surface area contributed by atoms with Gasteiger partial charge in [0.25, 0.3) is 5.91 Å². The van der Waals surface area contributed by atoms with Crippen LogP contribution in [0.1, 0.15) is 15.2 Å². The number of pyridine rings is 1. The van der Waals surface area contributed by atoms with Crippen molar-refractivity contribution in [2.45, 2.75) is 6.54 Å². The third-order valence-electron chi connectivity index (χ3n) is 3.72. The molecule has 1 aliphatic rings. The molecule has 0 saturated carbocycles. The summed E-state index contributed by atoms with van der Waals surface area (Å²) in [6, 6.07) is 8.02. The molecule has 0 unspecified atom stereocenters. The number of amides is 1. The van der Waals surface area contributed by atoms with Crippen molar-refractivity contribution in [3.8, 4) is 0 Å². The number of thiophene rings is 1. The van der Waals surface area contributed by atoms with Crippen LogP contribution in [-0.4, -0.2) is 37.0 Å². The molecule has 20 heavy (non-hydrogen) atoms. The first-order valence-electron chi connectivity index (χ1n) is 6.94. The summed E-state index contributed by atoms with van der Waals surface area (Å²) in [7, 11) is 0. The van der Waals surface area contributed by atoms with Crippen LogP contribution in [-0.2, 0) is 6.54 Å². The van der Waals surface area contributed by atoms with Crippen molar-refractivity contribution in [3.63, 3.8) is 0 Å². The van der Waals surface area contributed by atoms with Crippen molar-refractivity contribution >= 4 is 17.2 Å². The van der Waals surface area contributed by atoms with Crippen LogP contribution in [0.5, 0.6) is 0 Å². The average Bonchev–Trinajstić information content (AvgIpc) is 3.03. The molecule has 0 aromatic carbocycles. The second-order valence-electron chi connectivity index (χ2n) is 5.11. The van der Waals surface area contributed by atoms with E-state index < -0.39 is 0 Å². The third-order valence-corrected chi connectivity index (χ3v) is 4.57. The van der Waals surface area contributed by atoms with Gasteiger partial charge in [0.2, 0.25) is 0 Å². The number of H-pyrrole nitrogens is 1. The number of aromatic nitrogens is 1. The summed E-state index contributed by atoms with van der Waals surface area (Å²) in [4.78, 5) is 19.7. The molecule has 0 bridgehead atoms. The monoisotopic (exact) mass is 289 g/mol. The molecule has 104 valence electrons. The number of hydrogen-bond donors (Lipinski definition) is 1. The van der Waals surface area contributed by atoms with Crippen LogP contribution >= 0.6 is 11.3 Å². The number of nitrogens with zero attached hydrogens (tertiary/aromatic N) is 1. The van der Waals surface area contributed by atoms with Gasteiger partial charge in [-0.3, -0.25) is 4.79 Å². The summed E-state index contributed by atoms with van der Waals surface area (Å²) in [6.45, 7) is 4.77. The Morgan fingerprint density at radius 3 is 2.80 bits per heavy atom. The predicted molar refractivity (Wildman–Crippen MR) is 77.6 cm³/mol. The van der Waals surface area contributed by atoms with E-state index in [2.05, 4.69) is 17.2 Å². The van der Waals surface area contributed by atoms with Gasteiger partial charge in [0.1, 0.15) is 6.54 Å². The highest BCUT2D eigenvalue weighted by Crippen LogP contribution is 2.11. The van der Waals surface area contributed by atoms with E-state index in [1.807, 2.05) is 34.7 Å². The molecular formula is C15H19N3OS+2.